The molecule has 0 spiro atoms. The van der Waals surface area contributed by atoms with Crippen molar-refractivity contribution >= 4 is 11.9 Å². The molecule has 2 atom stereocenters. The summed E-state index contributed by atoms with van der Waals surface area (Å²) < 4.78 is 0. The Morgan fingerprint density at radius 3 is 2.42 bits per heavy atom. The molecule has 19 heavy (non-hydrogen) atoms. The van der Waals surface area contributed by atoms with Crippen molar-refractivity contribution in [2.24, 2.45) is 11.1 Å². The standard InChI is InChI=1S/C14H26N2O3/c1-5-7-14(12(18)19)8-6-9-16(14)11(17)10(15)13(2,3)4/h10H,5-9,15H2,1-4H3,(H,18,19)/t10-,14?/m1/s1. The summed E-state index contributed by atoms with van der Waals surface area (Å²) in [4.78, 5) is 25.7. The molecular formula is C14H26N2O3. The van der Waals surface area contributed by atoms with E-state index in [-0.39, 0.29) is 11.3 Å². The van der Waals surface area contributed by atoms with E-state index in [9.17, 15) is 14.7 Å². The van der Waals surface area contributed by atoms with Gasteiger partial charge in [-0.15, -0.1) is 0 Å². The monoisotopic (exact) mass is 270 g/mol. The van der Waals surface area contributed by atoms with E-state index < -0.39 is 17.6 Å². The van der Waals surface area contributed by atoms with Gasteiger partial charge >= 0.3 is 5.97 Å². The first-order chi connectivity index (χ1) is 8.66. The van der Waals surface area contributed by atoms with Crippen LogP contribution >= 0.6 is 0 Å². The summed E-state index contributed by atoms with van der Waals surface area (Å²) in [6, 6.07) is -0.666. The maximum absolute atomic E-state index is 12.5. The van der Waals surface area contributed by atoms with Gasteiger partial charge in [0.25, 0.3) is 0 Å². The van der Waals surface area contributed by atoms with Gasteiger partial charge in [0.2, 0.25) is 5.91 Å². The fourth-order valence-corrected chi connectivity index (χ4v) is 2.74. The average Bonchev–Trinajstić information content (AvgIpc) is 2.71. The molecule has 1 heterocycles. The van der Waals surface area contributed by atoms with Crippen LogP contribution < -0.4 is 5.73 Å². The zero-order valence-electron chi connectivity index (χ0n) is 12.4. The summed E-state index contributed by atoms with van der Waals surface area (Å²) in [5.74, 6) is -1.14. The van der Waals surface area contributed by atoms with Gasteiger partial charge in [0.15, 0.2) is 0 Å². The minimum atomic E-state index is -1.05. The summed E-state index contributed by atoms with van der Waals surface area (Å²) >= 11 is 0. The maximum Gasteiger partial charge on any atom is 0.329 e. The first kappa shape index (κ1) is 16.0. The molecule has 1 rings (SSSR count). The Balaban J connectivity index is 3.04. The quantitative estimate of drug-likeness (QED) is 0.813. The van der Waals surface area contributed by atoms with Gasteiger partial charge in [0.05, 0.1) is 6.04 Å². The minimum absolute atomic E-state index is 0.235. The smallest absolute Gasteiger partial charge is 0.329 e. The number of carbonyl (C=O) groups excluding carboxylic acids is 1. The molecule has 3 N–H and O–H groups in total. The van der Waals surface area contributed by atoms with Crippen molar-refractivity contribution in [3.8, 4) is 0 Å². The highest BCUT2D eigenvalue weighted by molar-refractivity contribution is 5.90. The SMILES string of the molecule is CCCC1(C(=O)O)CCCN1C(=O)[C@@H](N)C(C)(C)C. The van der Waals surface area contributed by atoms with Crippen LogP contribution in [0.2, 0.25) is 0 Å². The Bertz CT molecular complexity index is 362. The van der Waals surface area contributed by atoms with Crippen molar-refractivity contribution in [2.75, 3.05) is 6.54 Å². The summed E-state index contributed by atoms with van der Waals surface area (Å²) in [5.41, 5.74) is 4.60. The van der Waals surface area contributed by atoms with Crippen molar-refractivity contribution in [3.05, 3.63) is 0 Å². The van der Waals surface area contributed by atoms with Gasteiger partial charge in [-0.05, 0) is 24.7 Å². The number of hydrogen-bond donors (Lipinski definition) is 2. The summed E-state index contributed by atoms with van der Waals surface area (Å²) in [5, 5.41) is 9.56. The van der Waals surface area contributed by atoms with Crippen LogP contribution in [0.5, 0.6) is 0 Å². The second-order valence-electron chi connectivity index (χ2n) is 6.52. The Kier molecular flexibility index (Phi) is 4.61. The molecule has 0 aliphatic carbocycles. The second kappa shape index (κ2) is 5.49. The molecule has 1 fully saturated rings. The molecule has 0 bridgehead atoms. The number of rotatable bonds is 4. The van der Waals surface area contributed by atoms with Crippen LogP contribution in [0.4, 0.5) is 0 Å². The van der Waals surface area contributed by atoms with Crippen LogP contribution in [0.3, 0.4) is 0 Å². The summed E-state index contributed by atoms with van der Waals surface area (Å²) in [7, 11) is 0. The van der Waals surface area contributed by atoms with Crippen LogP contribution in [0.1, 0.15) is 53.4 Å². The molecule has 110 valence electrons. The zero-order valence-corrected chi connectivity index (χ0v) is 12.4. The first-order valence-corrected chi connectivity index (χ1v) is 6.97. The van der Waals surface area contributed by atoms with E-state index in [1.165, 1.54) is 4.90 Å². The highest BCUT2D eigenvalue weighted by atomic mass is 16.4. The van der Waals surface area contributed by atoms with Crippen LogP contribution in [-0.2, 0) is 9.59 Å². The lowest BCUT2D eigenvalue weighted by atomic mass is 9.84. The molecule has 0 aromatic carbocycles. The van der Waals surface area contributed by atoms with E-state index in [1.54, 1.807) is 0 Å². The van der Waals surface area contributed by atoms with Crippen LogP contribution in [-0.4, -0.2) is 40.0 Å². The molecule has 0 aromatic rings. The van der Waals surface area contributed by atoms with Gasteiger partial charge < -0.3 is 15.7 Å². The third kappa shape index (κ3) is 2.91. The minimum Gasteiger partial charge on any atom is -0.479 e. The number of carboxylic acid groups (broad SMARTS) is 1. The number of hydrogen-bond acceptors (Lipinski definition) is 3. The lowest BCUT2D eigenvalue weighted by Gasteiger charge is -2.38. The van der Waals surface area contributed by atoms with Gasteiger partial charge in [-0.2, -0.15) is 0 Å². The molecule has 1 amide bonds. The van der Waals surface area contributed by atoms with Crippen LogP contribution in [0, 0.1) is 5.41 Å². The molecule has 0 radical (unpaired) electrons. The summed E-state index contributed by atoms with van der Waals surface area (Å²) in [6.45, 7) is 8.12. The van der Waals surface area contributed by atoms with Crippen molar-refractivity contribution < 1.29 is 14.7 Å². The Morgan fingerprint density at radius 1 is 1.42 bits per heavy atom. The van der Waals surface area contributed by atoms with E-state index in [0.29, 0.717) is 19.4 Å². The van der Waals surface area contributed by atoms with E-state index in [0.717, 1.165) is 12.8 Å². The third-order valence-corrected chi connectivity index (χ3v) is 4.02. The number of likely N-dealkylation sites (tertiary alicyclic amines) is 1. The predicted molar refractivity (Wildman–Crippen MR) is 73.7 cm³/mol. The van der Waals surface area contributed by atoms with Gasteiger partial charge in [-0.3, -0.25) is 4.79 Å². The third-order valence-electron chi connectivity index (χ3n) is 4.02. The van der Waals surface area contributed by atoms with Crippen molar-refractivity contribution in [1.82, 2.24) is 4.90 Å². The fourth-order valence-electron chi connectivity index (χ4n) is 2.74. The molecule has 1 aliphatic heterocycles. The molecule has 1 unspecified atom stereocenters. The summed E-state index contributed by atoms with van der Waals surface area (Å²) in [6.07, 6.45) is 2.49. The Hall–Kier alpha value is -1.10. The molecule has 5 nitrogen and oxygen atoms in total. The van der Waals surface area contributed by atoms with Crippen molar-refractivity contribution in [3.63, 3.8) is 0 Å². The number of carbonyl (C=O) groups is 2. The largest absolute Gasteiger partial charge is 0.479 e. The number of nitrogens with zero attached hydrogens (tertiary/aromatic N) is 1. The maximum atomic E-state index is 12.5. The second-order valence-corrected chi connectivity index (χ2v) is 6.52. The molecule has 0 aromatic heterocycles. The van der Waals surface area contributed by atoms with E-state index in [4.69, 9.17) is 5.73 Å². The van der Waals surface area contributed by atoms with E-state index >= 15 is 0 Å². The molecular weight excluding hydrogens is 244 g/mol. The highest BCUT2D eigenvalue weighted by Gasteiger charge is 2.50. The molecule has 5 heteroatoms. The van der Waals surface area contributed by atoms with Crippen molar-refractivity contribution in [1.29, 1.82) is 0 Å². The van der Waals surface area contributed by atoms with Gasteiger partial charge in [-0.1, -0.05) is 34.1 Å². The lowest BCUT2D eigenvalue weighted by Crippen LogP contribution is -2.59. The average molecular weight is 270 g/mol. The number of amides is 1. The van der Waals surface area contributed by atoms with Crippen molar-refractivity contribution in [2.45, 2.75) is 65.0 Å². The highest BCUT2D eigenvalue weighted by Crippen LogP contribution is 2.35. The van der Waals surface area contributed by atoms with Gasteiger partial charge in [0.1, 0.15) is 5.54 Å². The topological polar surface area (TPSA) is 83.6 Å². The fraction of sp³-hybridized carbons (Fsp3) is 0.857. The normalized spacial score (nSPS) is 25.4. The Labute approximate surface area is 115 Å². The predicted octanol–water partition coefficient (Wildman–Crippen LogP) is 1.61. The molecule has 0 saturated carbocycles. The first-order valence-electron chi connectivity index (χ1n) is 6.97. The lowest BCUT2D eigenvalue weighted by molar-refractivity contribution is -0.158. The zero-order chi connectivity index (χ0) is 14.8. The molecule has 1 aliphatic rings. The van der Waals surface area contributed by atoms with E-state index in [2.05, 4.69) is 0 Å². The number of carboxylic acids is 1. The number of aliphatic carboxylic acids is 1. The van der Waals surface area contributed by atoms with Gasteiger partial charge in [-0.25, -0.2) is 4.79 Å². The Morgan fingerprint density at radius 2 is 2.00 bits per heavy atom. The van der Waals surface area contributed by atoms with Gasteiger partial charge in [0, 0.05) is 6.54 Å². The molecule has 1 saturated heterocycles. The van der Waals surface area contributed by atoms with E-state index in [1.807, 2.05) is 27.7 Å². The number of nitrogens with two attached hydrogens (primary N) is 1. The van der Waals surface area contributed by atoms with Crippen LogP contribution in [0.15, 0.2) is 0 Å². The van der Waals surface area contributed by atoms with Crippen LogP contribution in [0.25, 0.3) is 0 Å².